The number of carbonyl (C=O) groups is 2. The highest BCUT2D eigenvalue weighted by Crippen LogP contribution is 2.10. The predicted octanol–water partition coefficient (Wildman–Crippen LogP) is 0.586. The third-order valence-corrected chi connectivity index (χ3v) is 1.92. The predicted molar refractivity (Wildman–Crippen MR) is 41.1 cm³/mol. The van der Waals surface area contributed by atoms with Crippen molar-refractivity contribution in [1.82, 2.24) is 4.90 Å². The van der Waals surface area contributed by atoms with Crippen LogP contribution in [0.1, 0.15) is 26.7 Å². The maximum absolute atomic E-state index is 11.2. The molecule has 62 valence electrons. The normalized spacial score (nSPS) is 19.7. The fraction of sp³-hybridized carbons (Fsp3) is 0.750. The second kappa shape index (κ2) is 3.03. The van der Waals surface area contributed by atoms with Crippen LogP contribution >= 0.6 is 0 Å². The van der Waals surface area contributed by atoms with Gasteiger partial charge in [0, 0.05) is 19.0 Å². The zero-order chi connectivity index (χ0) is 8.43. The van der Waals surface area contributed by atoms with Crippen LogP contribution in [0.2, 0.25) is 0 Å². The molecule has 1 heterocycles. The Bertz CT molecular complexity index is 187. The molecule has 0 N–H and O–H groups in total. The molecule has 0 unspecified atom stereocenters. The largest absolute Gasteiger partial charge is 0.339 e. The van der Waals surface area contributed by atoms with Crippen LogP contribution < -0.4 is 0 Å². The lowest BCUT2D eigenvalue weighted by Crippen LogP contribution is -2.43. The molecule has 3 heteroatoms. The summed E-state index contributed by atoms with van der Waals surface area (Å²) < 4.78 is 0. The number of hydrogen-bond acceptors (Lipinski definition) is 2. The summed E-state index contributed by atoms with van der Waals surface area (Å²) in [7, 11) is 0. The van der Waals surface area contributed by atoms with Crippen molar-refractivity contribution in [3.8, 4) is 0 Å². The zero-order valence-corrected chi connectivity index (χ0v) is 6.96. The fourth-order valence-corrected chi connectivity index (χ4v) is 1.27. The number of Topliss-reactive ketones (excluding diaryl/α,β-unsaturated/α-hetero) is 1. The van der Waals surface area contributed by atoms with E-state index in [9.17, 15) is 9.59 Å². The number of piperidine rings is 1. The van der Waals surface area contributed by atoms with Crippen LogP contribution in [-0.2, 0) is 9.59 Å². The summed E-state index contributed by atoms with van der Waals surface area (Å²) in [6.07, 6.45) is 0.641. The Labute approximate surface area is 66.4 Å². The summed E-state index contributed by atoms with van der Waals surface area (Å²) in [6, 6.07) is 0.232. The van der Waals surface area contributed by atoms with Gasteiger partial charge in [-0.1, -0.05) is 0 Å². The molecule has 0 aromatic rings. The van der Waals surface area contributed by atoms with E-state index in [1.807, 2.05) is 13.8 Å². The van der Waals surface area contributed by atoms with Crippen molar-refractivity contribution in [2.75, 3.05) is 6.54 Å². The monoisotopic (exact) mass is 155 g/mol. The highest BCUT2D eigenvalue weighted by Gasteiger charge is 2.24. The lowest BCUT2D eigenvalue weighted by atomic mass is 10.1. The molecule has 0 aliphatic carbocycles. The van der Waals surface area contributed by atoms with Gasteiger partial charge in [0.25, 0.3) is 0 Å². The third kappa shape index (κ3) is 1.79. The first-order valence-corrected chi connectivity index (χ1v) is 3.92. The SMILES string of the molecule is CC(C)N1CCC(=O)CC1=O. The van der Waals surface area contributed by atoms with Crippen LogP contribution in [0, 0.1) is 0 Å². The van der Waals surface area contributed by atoms with Gasteiger partial charge in [-0.15, -0.1) is 0 Å². The van der Waals surface area contributed by atoms with Crippen LogP contribution in [0.3, 0.4) is 0 Å². The number of ketones is 1. The molecular formula is C8H13NO2. The van der Waals surface area contributed by atoms with Gasteiger partial charge in [-0.05, 0) is 13.8 Å². The third-order valence-electron chi connectivity index (χ3n) is 1.92. The van der Waals surface area contributed by atoms with E-state index >= 15 is 0 Å². The van der Waals surface area contributed by atoms with E-state index in [0.717, 1.165) is 0 Å². The summed E-state index contributed by atoms with van der Waals surface area (Å²) in [5.41, 5.74) is 0. The van der Waals surface area contributed by atoms with Crippen LogP contribution in [-0.4, -0.2) is 29.2 Å². The van der Waals surface area contributed by atoms with Crippen molar-refractivity contribution in [3.63, 3.8) is 0 Å². The van der Waals surface area contributed by atoms with Gasteiger partial charge >= 0.3 is 0 Å². The maximum atomic E-state index is 11.2. The molecule has 0 saturated carbocycles. The Kier molecular flexibility index (Phi) is 2.27. The van der Waals surface area contributed by atoms with E-state index in [4.69, 9.17) is 0 Å². The molecule has 0 bridgehead atoms. The molecule has 11 heavy (non-hydrogen) atoms. The molecule has 0 atom stereocenters. The van der Waals surface area contributed by atoms with Crippen molar-refractivity contribution >= 4 is 11.7 Å². The van der Waals surface area contributed by atoms with Gasteiger partial charge in [0.15, 0.2) is 0 Å². The summed E-state index contributed by atoms with van der Waals surface area (Å²) in [5.74, 6) is 0.0585. The first kappa shape index (κ1) is 8.24. The van der Waals surface area contributed by atoms with Gasteiger partial charge < -0.3 is 4.90 Å². The summed E-state index contributed by atoms with van der Waals surface area (Å²) >= 11 is 0. The van der Waals surface area contributed by atoms with Gasteiger partial charge in [-0.3, -0.25) is 9.59 Å². The van der Waals surface area contributed by atoms with Gasteiger partial charge in [0.1, 0.15) is 5.78 Å². The molecule has 1 aliphatic heterocycles. The molecule has 0 aromatic heterocycles. The minimum absolute atomic E-state index is 0.0174. The lowest BCUT2D eigenvalue weighted by Gasteiger charge is -2.29. The van der Waals surface area contributed by atoms with Crippen molar-refractivity contribution in [2.24, 2.45) is 0 Å². The van der Waals surface area contributed by atoms with Gasteiger partial charge in [0.05, 0.1) is 6.42 Å². The van der Waals surface area contributed by atoms with Crippen LogP contribution in [0.15, 0.2) is 0 Å². The van der Waals surface area contributed by atoms with E-state index in [-0.39, 0.29) is 24.2 Å². The molecular weight excluding hydrogens is 142 g/mol. The molecule has 1 saturated heterocycles. The number of hydrogen-bond donors (Lipinski definition) is 0. The van der Waals surface area contributed by atoms with Crippen LogP contribution in [0.5, 0.6) is 0 Å². The second-order valence-corrected chi connectivity index (χ2v) is 3.15. The molecule has 3 nitrogen and oxygen atoms in total. The standard InChI is InChI=1S/C8H13NO2/c1-6(2)9-4-3-7(10)5-8(9)11/h6H,3-5H2,1-2H3. The van der Waals surface area contributed by atoms with Crippen molar-refractivity contribution in [2.45, 2.75) is 32.7 Å². The lowest BCUT2D eigenvalue weighted by molar-refractivity contribution is -0.140. The molecule has 1 aliphatic rings. The Hall–Kier alpha value is -0.860. The number of rotatable bonds is 1. The first-order chi connectivity index (χ1) is 5.11. The van der Waals surface area contributed by atoms with E-state index in [1.54, 1.807) is 4.90 Å². The molecule has 0 aromatic carbocycles. The molecule has 1 amide bonds. The molecule has 1 fully saturated rings. The highest BCUT2D eigenvalue weighted by molar-refractivity contribution is 6.00. The zero-order valence-electron chi connectivity index (χ0n) is 6.96. The fourth-order valence-electron chi connectivity index (χ4n) is 1.27. The summed E-state index contributed by atoms with van der Waals surface area (Å²) in [5, 5.41) is 0. The Morgan fingerprint density at radius 3 is 2.45 bits per heavy atom. The number of nitrogens with zero attached hydrogens (tertiary/aromatic N) is 1. The van der Waals surface area contributed by atoms with Gasteiger partial charge in [0.2, 0.25) is 5.91 Å². The number of amides is 1. The van der Waals surface area contributed by atoms with Crippen molar-refractivity contribution in [3.05, 3.63) is 0 Å². The second-order valence-electron chi connectivity index (χ2n) is 3.15. The smallest absolute Gasteiger partial charge is 0.230 e. The van der Waals surface area contributed by atoms with Crippen LogP contribution in [0.25, 0.3) is 0 Å². The summed E-state index contributed by atoms with van der Waals surface area (Å²) in [4.78, 5) is 23.7. The number of likely N-dealkylation sites (tertiary alicyclic amines) is 1. The maximum Gasteiger partial charge on any atom is 0.230 e. The average molecular weight is 155 g/mol. The van der Waals surface area contributed by atoms with Crippen LogP contribution in [0.4, 0.5) is 0 Å². The molecule has 1 rings (SSSR count). The number of carbonyl (C=O) groups excluding carboxylic acids is 2. The Morgan fingerprint density at radius 1 is 1.36 bits per heavy atom. The molecule has 0 radical (unpaired) electrons. The Balaban J connectivity index is 2.57. The highest BCUT2D eigenvalue weighted by atomic mass is 16.2. The quantitative estimate of drug-likeness (QED) is 0.519. The Morgan fingerprint density at radius 2 is 2.00 bits per heavy atom. The van der Waals surface area contributed by atoms with Crippen molar-refractivity contribution < 1.29 is 9.59 Å². The van der Waals surface area contributed by atoms with Crippen molar-refractivity contribution in [1.29, 1.82) is 0 Å². The average Bonchev–Trinajstić information content (AvgIpc) is 1.85. The van der Waals surface area contributed by atoms with Gasteiger partial charge in [-0.25, -0.2) is 0 Å². The van der Waals surface area contributed by atoms with E-state index in [0.29, 0.717) is 13.0 Å². The van der Waals surface area contributed by atoms with Gasteiger partial charge in [-0.2, -0.15) is 0 Å². The van der Waals surface area contributed by atoms with E-state index < -0.39 is 0 Å². The van der Waals surface area contributed by atoms with E-state index in [2.05, 4.69) is 0 Å². The summed E-state index contributed by atoms with van der Waals surface area (Å²) in [6.45, 7) is 4.54. The molecule has 0 spiro atoms. The first-order valence-electron chi connectivity index (χ1n) is 3.92. The topological polar surface area (TPSA) is 37.4 Å². The minimum atomic E-state index is -0.0174. The minimum Gasteiger partial charge on any atom is -0.339 e. The van der Waals surface area contributed by atoms with E-state index in [1.165, 1.54) is 0 Å².